The first kappa shape index (κ1) is 6.47. The zero-order valence-corrected chi connectivity index (χ0v) is 4.60. The minimum absolute atomic E-state index is 0.178. The van der Waals surface area contributed by atoms with Gasteiger partial charge in [0.2, 0.25) is 0 Å². The van der Waals surface area contributed by atoms with Gasteiger partial charge in [0.15, 0.2) is 0 Å². The van der Waals surface area contributed by atoms with Crippen LogP contribution < -0.4 is 0 Å². The number of rotatable bonds is 2. The average molecular weight is 101 g/mol. The van der Waals surface area contributed by atoms with Gasteiger partial charge >= 0.3 is 5.97 Å². The minimum Gasteiger partial charge on any atom is -0.459 e. The van der Waals surface area contributed by atoms with Crippen LogP contribution in [0.25, 0.3) is 0 Å². The molecule has 0 heterocycles. The summed E-state index contributed by atoms with van der Waals surface area (Å²) in [5.74, 6) is -0.178. The molecular formula is C5H9O2. The molecule has 0 aromatic carbocycles. The molecule has 0 bridgehead atoms. The molecule has 0 atom stereocenters. The van der Waals surface area contributed by atoms with E-state index in [0.29, 0.717) is 6.42 Å². The Morgan fingerprint density at radius 1 is 1.86 bits per heavy atom. The molecule has 0 aliphatic heterocycles. The van der Waals surface area contributed by atoms with Gasteiger partial charge in [-0.2, -0.15) is 0 Å². The third kappa shape index (κ3) is 3.30. The Morgan fingerprint density at radius 3 is 2.57 bits per heavy atom. The average Bonchev–Trinajstić information content (AvgIpc) is 1.68. The van der Waals surface area contributed by atoms with Crippen LogP contribution in [0.2, 0.25) is 0 Å². The van der Waals surface area contributed by atoms with Gasteiger partial charge in [0.1, 0.15) is 6.61 Å². The molecule has 0 aliphatic carbocycles. The Morgan fingerprint density at radius 2 is 2.43 bits per heavy atom. The van der Waals surface area contributed by atoms with Gasteiger partial charge in [0.05, 0.1) is 0 Å². The van der Waals surface area contributed by atoms with Crippen LogP contribution in [-0.2, 0) is 9.53 Å². The van der Waals surface area contributed by atoms with E-state index < -0.39 is 0 Å². The highest BCUT2D eigenvalue weighted by Crippen LogP contribution is 1.84. The van der Waals surface area contributed by atoms with Gasteiger partial charge in [0, 0.05) is 6.42 Å². The van der Waals surface area contributed by atoms with Gasteiger partial charge in [0.25, 0.3) is 0 Å². The van der Waals surface area contributed by atoms with E-state index in [4.69, 9.17) is 0 Å². The molecule has 7 heavy (non-hydrogen) atoms. The lowest BCUT2D eigenvalue weighted by molar-refractivity contribution is -0.139. The Hall–Kier alpha value is -0.530. The fourth-order valence-corrected chi connectivity index (χ4v) is 0.215. The molecule has 0 rings (SSSR count). The third-order valence-electron chi connectivity index (χ3n) is 0.538. The lowest BCUT2D eigenvalue weighted by atomic mass is 10.5. The van der Waals surface area contributed by atoms with Crippen molar-refractivity contribution < 1.29 is 9.53 Å². The third-order valence-corrected chi connectivity index (χ3v) is 0.538. The van der Waals surface area contributed by atoms with Gasteiger partial charge in [-0.05, 0) is 6.92 Å². The monoisotopic (exact) mass is 101 g/mol. The summed E-state index contributed by atoms with van der Waals surface area (Å²) in [6, 6.07) is 0. The van der Waals surface area contributed by atoms with Gasteiger partial charge in [-0.25, -0.2) is 0 Å². The summed E-state index contributed by atoms with van der Waals surface area (Å²) in [5, 5.41) is 0. The number of carbonyl (C=O) groups is 1. The SMILES string of the molecule is C[CH]OC(=O)CC. The first-order valence-corrected chi connectivity index (χ1v) is 2.28. The van der Waals surface area contributed by atoms with E-state index in [-0.39, 0.29) is 5.97 Å². The molecule has 0 fully saturated rings. The summed E-state index contributed by atoms with van der Waals surface area (Å²) >= 11 is 0. The van der Waals surface area contributed by atoms with Crippen molar-refractivity contribution in [2.75, 3.05) is 0 Å². The fourth-order valence-electron chi connectivity index (χ4n) is 0.215. The molecule has 0 aliphatic rings. The van der Waals surface area contributed by atoms with Crippen molar-refractivity contribution in [3.05, 3.63) is 6.61 Å². The van der Waals surface area contributed by atoms with E-state index >= 15 is 0 Å². The summed E-state index contributed by atoms with van der Waals surface area (Å²) < 4.78 is 4.43. The Bertz CT molecular complexity index is 59.1. The van der Waals surface area contributed by atoms with Crippen molar-refractivity contribution in [1.29, 1.82) is 0 Å². The normalized spacial score (nSPS) is 8.29. The van der Waals surface area contributed by atoms with Gasteiger partial charge in [-0.3, -0.25) is 4.79 Å². The molecule has 0 unspecified atom stereocenters. The molecule has 1 radical (unpaired) electrons. The van der Waals surface area contributed by atoms with Crippen LogP contribution in [0.3, 0.4) is 0 Å². The topological polar surface area (TPSA) is 26.3 Å². The zero-order chi connectivity index (χ0) is 5.70. The molecule has 0 aromatic rings. The second kappa shape index (κ2) is 3.65. The Balaban J connectivity index is 3.00. The van der Waals surface area contributed by atoms with E-state index in [1.165, 1.54) is 6.61 Å². The van der Waals surface area contributed by atoms with Crippen molar-refractivity contribution in [2.45, 2.75) is 20.3 Å². The quantitative estimate of drug-likeness (QED) is 0.487. The van der Waals surface area contributed by atoms with Crippen LogP contribution in [0.15, 0.2) is 0 Å². The largest absolute Gasteiger partial charge is 0.459 e. The lowest BCUT2D eigenvalue weighted by Crippen LogP contribution is -1.96. The van der Waals surface area contributed by atoms with Crippen LogP contribution in [0.4, 0.5) is 0 Å². The van der Waals surface area contributed by atoms with Gasteiger partial charge in [-0.15, -0.1) is 0 Å². The summed E-state index contributed by atoms with van der Waals surface area (Å²) in [4.78, 5) is 10.2. The van der Waals surface area contributed by atoms with Crippen LogP contribution in [-0.4, -0.2) is 5.97 Å². The summed E-state index contributed by atoms with van der Waals surface area (Å²) in [6.07, 6.45) is 0.449. The molecule has 0 saturated heterocycles. The Labute approximate surface area is 43.5 Å². The highest BCUT2D eigenvalue weighted by atomic mass is 16.5. The smallest absolute Gasteiger partial charge is 0.305 e. The van der Waals surface area contributed by atoms with Crippen LogP contribution in [0.5, 0.6) is 0 Å². The minimum atomic E-state index is -0.178. The predicted molar refractivity (Wildman–Crippen MR) is 26.4 cm³/mol. The number of esters is 1. The van der Waals surface area contributed by atoms with E-state index in [2.05, 4.69) is 4.74 Å². The number of hydrogen-bond donors (Lipinski definition) is 0. The first-order chi connectivity index (χ1) is 3.31. The molecule has 2 nitrogen and oxygen atoms in total. The molecule has 0 aromatic heterocycles. The Kier molecular flexibility index (Phi) is 3.38. The number of hydrogen-bond acceptors (Lipinski definition) is 2. The lowest BCUT2D eigenvalue weighted by Gasteiger charge is -1.92. The second-order valence-corrected chi connectivity index (χ2v) is 1.08. The fraction of sp³-hybridized carbons (Fsp3) is 0.600. The van der Waals surface area contributed by atoms with Crippen molar-refractivity contribution in [1.82, 2.24) is 0 Å². The van der Waals surface area contributed by atoms with Crippen LogP contribution in [0, 0.1) is 6.61 Å². The first-order valence-electron chi connectivity index (χ1n) is 2.28. The molecule has 0 saturated carbocycles. The molecule has 0 N–H and O–H groups in total. The van der Waals surface area contributed by atoms with Crippen molar-refractivity contribution in [2.24, 2.45) is 0 Å². The van der Waals surface area contributed by atoms with E-state index in [1.54, 1.807) is 13.8 Å². The molecule has 2 heteroatoms. The van der Waals surface area contributed by atoms with Crippen LogP contribution >= 0.6 is 0 Å². The molecular weight excluding hydrogens is 92.1 g/mol. The standard InChI is InChI=1S/C5H9O2/c1-3-5(6)7-4-2/h4H,3H2,1-2H3. The van der Waals surface area contributed by atoms with Gasteiger partial charge < -0.3 is 4.74 Å². The maximum atomic E-state index is 10.2. The highest BCUT2D eigenvalue weighted by Gasteiger charge is 1.91. The van der Waals surface area contributed by atoms with E-state index in [1.807, 2.05) is 0 Å². The summed E-state index contributed by atoms with van der Waals surface area (Å²) in [6.45, 7) is 4.81. The zero-order valence-electron chi connectivity index (χ0n) is 4.60. The van der Waals surface area contributed by atoms with E-state index in [0.717, 1.165) is 0 Å². The second-order valence-electron chi connectivity index (χ2n) is 1.08. The van der Waals surface area contributed by atoms with Crippen molar-refractivity contribution in [3.8, 4) is 0 Å². The van der Waals surface area contributed by atoms with Crippen molar-refractivity contribution >= 4 is 5.97 Å². The number of carbonyl (C=O) groups excluding carboxylic acids is 1. The maximum absolute atomic E-state index is 10.2. The van der Waals surface area contributed by atoms with Crippen LogP contribution in [0.1, 0.15) is 20.3 Å². The molecule has 41 valence electrons. The van der Waals surface area contributed by atoms with Crippen molar-refractivity contribution in [3.63, 3.8) is 0 Å². The van der Waals surface area contributed by atoms with E-state index in [9.17, 15) is 4.79 Å². The maximum Gasteiger partial charge on any atom is 0.305 e. The number of ether oxygens (including phenoxy) is 1. The highest BCUT2D eigenvalue weighted by molar-refractivity contribution is 5.69. The summed E-state index contributed by atoms with van der Waals surface area (Å²) in [7, 11) is 0. The summed E-state index contributed by atoms with van der Waals surface area (Å²) in [5.41, 5.74) is 0. The predicted octanol–water partition coefficient (Wildman–Crippen LogP) is 1.12. The molecule has 0 amide bonds. The molecule has 0 spiro atoms. The van der Waals surface area contributed by atoms with Gasteiger partial charge in [-0.1, -0.05) is 6.92 Å².